The van der Waals surface area contributed by atoms with E-state index in [1.165, 1.54) is 16.9 Å². The molecule has 0 aliphatic carbocycles. The Morgan fingerprint density at radius 3 is 2.20 bits per heavy atom. The largest absolute Gasteiger partial charge is 0.306 e. The molecule has 0 radical (unpaired) electrons. The summed E-state index contributed by atoms with van der Waals surface area (Å²) in [7, 11) is 4.31. The summed E-state index contributed by atoms with van der Waals surface area (Å²) in [5.41, 5.74) is 1.44. The number of likely N-dealkylation sites (N-methyl/N-ethyl adjacent to an activating group) is 1. The van der Waals surface area contributed by atoms with Gasteiger partial charge in [-0.05, 0) is 50.9 Å². The molecule has 0 aromatic heterocycles. The topological polar surface area (TPSA) is 3.24 Å². The fraction of sp³-hybridized carbons (Fsp3) is 0.538. The SMILES string of the molecule is CCC(Cc1ccc(SC)cc1)N(C)C. The minimum Gasteiger partial charge on any atom is -0.306 e. The molecular formula is C13H21NS. The van der Waals surface area contributed by atoms with Crippen molar-refractivity contribution in [2.75, 3.05) is 20.4 Å². The lowest BCUT2D eigenvalue weighted by molar-refractivity contribution is 0.284. The first-order chi connectivity index (χ1) is 7.17. The molecule has 1 aromatic rings. The van der Waals surface area contributed by atoms with Gasteiger partial charge in [-0.25, -0.2) is 0 Å². The molecule has 0 fully saturated rings. The molecule has 0 saturated heterocycles. The standard InChI is InChI=1S/C13H21NS/c1-5-12(14(2)3)10-11-6-8-13(15-4)9-7-11/h6-9,12H,5,10H2,1-4H3. The summed E-state index contributed by atoms with van der Waals surface area (Å²) in [6.45, 7) is 2.25. The Morgan fingerprint density at radius 2 is 1.80 bits per heavy atom. The number of nitrogens with zero attached hydrogens (tertiary/aromatic N) is 1. The lowest BCUT2D eigenvalue weighted by Gasteiger charge is -2.22. The van der Waals surface area contributed by atoms with Crippen molar-refractivity contribution < 1.29 is 0 Å². The summed E-state index contributed by atoms with van der Waals surface area (Å²) in [6, 6.07) is 9.57. The van der Waals surface area contributed by atoms with Crippen LogP contribution in [-0.4, -0.2) is 31.3 Å². The van der Waals surface area contributed by atoms with Gasteiger partial charge in [0.2, 0.25) is 0 Å². The molecule has 1 aromatic carbocycles. The second kappa shape index (κ2) is 6.19. The average Bonchev–Trinajstić information content (AvgIpc) is 2.26. The third-order valence-corrected chi connectivity index (χ3v) is 3.58. The molecule has 15 heavy (non-hydrogen) atoms. The quantitative estimate of drug-likeness (QED) is 0.705. The summed E-state index contributed by atoms with van der Waals surface area (Å²) in [6.07, 6.45) is 4.47. The van der Waals surface area contributed by atoms with E-state index in [9.17, 15) is 0 Å². The minimum absolute atomic E-state index is 0.658. The van der Waals surface area contributed by atoms with Crippen LogP contribution in [-0.2, 0) is 6.42 Å². The van der Waals surface area contributed by atoms with Crippen LogP contribution in [0.25, 0.3) is 0 Å². The van der Waals surface area contributed by atoms with Crippen molar-refractivity contribution in [1.82, 2.24) is 4.90 Å². The van der Waals surface area contributed by atoms with Crippen LogP contribution < -0.4 is 0 Å². The monoisotopic (exact) mass is 223 g/mol. The first kappa shape index (κ1) is 12.6. The maximum absolute atomic E-state index is 2.31. The zero-order valence-electron chi connectivity index (χ0n) is 10.2. The van der Waals surface area contributed by atoms with E-state index in [1.54, 1.807) is 11.8 Å². The molecule has 2 heteroatoms. The fourth-order valence-corrected chi connectivity index (χ4v) is 2.13. The number of rotatable bonds is 5. The Balaban J connectivity index is 2.63. The molecule has 0 aliphatic heterocycles. The molecule has 1 atom stereocenters. The van der Waals surface area contributed by atoms with E-state index in [-0.39, 0.29) is 0 Å². The van der Waals surface area contributed by atoms with Crippen LogP contribution in [0.3, 0.4) is 0 Å². The van der Waals surface area contributed by atoms with Crippen LogP contribution in [0.15, 0.2) is 29.2 Å². The van der Waals surface area contributed by atoms with Gasteiger partial charge >= 0.3 is 0 Å². The van der Waals surface area contributed by atoms with Gasteiger partial charge in [0, 0.05) is 10.9 Å². The van der Waals surface area contributed by atoms with Gasteiger partial charge in [-0.2, -0.15) is 0 Å². The summed E-state index contributed by atoms with van der Waals surface area (Å²) in [4.78, 5) is 3.65. The van der Waals surface area contributed by atoms with Gasteiger partial charge in [-0.3, -0.25) is 0 Å². The van der Waals surface area contributed by atoms with Gasteiger partial charge < -0.3 is 4.90 Å². The van der Waals surface area contributed by atoms with E-state index in [2.05, 4.69) is 56.4 Å². The summed E-state index contributed by atoms with van der Waals surface area (Å²) in [5, 5.41) is 0. The van der Waals surface area contributed by atoms with E-state index >= 15 is 0 Å². The summed E-state index contributed by atoms with van der Waals surface area (Å²) < 4.78 is 0. The van der Waals surface area contributed by atoms with Crippen LogP contribution in [0.5, 0.6) is 0 Å². The molecule has 0 heterocycles. The zero-order chi connectivity index (χ0) is 11.3. The van der Waals surface area contributed by atoms with E-state index in [1.807, 2.05) is 0 Å². The van der Waals surface area contributed by atoms with E-state index in [0.717, 1.165) is 6.42 Å². The Morgan fingerprint density at radius 1 is 1.20 bits per heavy atom. The van der Waals surface area contributed by atoms with Crippen molar-refractivity contribution in [3.05, 3.63) is 29.8 Å². The number of hydrogen-bond donors (Lipinski definition) is 0. The summed E-state index contributed by atoms with van der Waals surface area (Å²) >= 11 is 1.80. The highest BCUT2D eigenvalue weighted by Gasteiger charge is 2.09. The predicted molar refractivity (Wildman–Crippen MR) is 69.7 cm³/mol. The Bertz CT molecular complexity index is 279. The van der Waals surface area contributed by atoms with Crippen LogP contribution >= 0.6 is 11.8 Å². The molecule has 0 amide bonds. The second-order valence-electron chi connectivity index (χ2n) is 4.08. The van der Waals surface area contributed by atoms with Gasteiger partial charge in [0.1, 0.15) is 0 Å². The van der Waals surface area contributed by atoms with Gasteiger partial charge in [0.15, 0.2) is 0 Å². The molecule has 0 N–H and O–H groups in total. The van der Waals surface area contributed by atoms with Crippen molar-refractivity contribution in [3.63, 3.8) is 0 Å². The average molecular weight is 223 g/mol. The van der Waals surface area contributed by atoms with Crippen molar-refractivity contribution in [2.45, 2.75) is 30.7 Å². The van der Waals surface area contributed by atoms with Crippen molar-refractivity contribution >= 4 is 11.8 Å². The zero-order valence-corrected chi connectivity index (χ0v) is 11.0. The van der Waals surface area contributed by atoms with Crippen LogP contribution in [0, 0.1) is 0 Å². The third kappa shape index (κ3) is 3.88. The normalized spacial score (nSPS) is 13.1. The molecule has 0 bridgehead atoms. The molecule has 0 saturated carbocycles. The fourth-order valence-electron chi connectivity index (χ4n) is 1.73. The molecular weight excluding hydrogens is 202 g/mol. The van der Waals surface area contributed by atoms with Crippen molar-refractivity contribution in [1.29, 1.82) is 0 Å². The van der Waals surface area contributed by atoms with E-state index in [0.29, 0.717) is 6.04 Å². The highest BCUT2D eigenvalue weighted by atomic mass is 32.2. The second-order valence-corrected chi connectivity index (χ2v) is 4.96. The van der Waals surface area contributed by atoms with E-state index in [4.69, 9.17) is 0 Å². The van der Waals surface area contributed by atoms with Crippen LogP contribution in [0.2, 0.25) is 0 Å². The number of hydrogen-bond acceptors (Lipinski definition) is 2. The smallest absolute Gasteiger partial charge is 0.0127 e. The lowest BCUT2D eigenvalue weighted by atomic mass is 10.0. The van der Waals surface area contributed by atoms with Gasteiger partial charge in [0.05, 0.1) is 0 Å². The first-order valence-electron chi connectivity index (χ1n) is 5.46. The maximum atomic E-state index is 2.31. The molecule has 0 spiro atoms. The van der Waals surface area contributed by atoms with Crippen molar-refractivity contribution in [3.8, 4) is 0 Å². The molecule has 1 rings (SSSR count). The number of benzene rings is 1. The summed E-state index contributed by atoms with van der Waals surface area (Å²) in [5.74, 6) is 0. The van der Waals surface area contributed by atoms with Crippen LogP contribution in [0.4, 0.5) is 0 Å². The third-order valence-electron chi connectivity index (χ3n) is 2.83. The number of thioether (sulfide) groups is 1. The first-order valence-corrected chi connectivity index (χ1v) is 6.69. The van der Waals surface area contributed by atoms with Crippen molar-refractivity contribution in [2.24, 2.45) is 0 Å². The maximum Gasteiger partial charge on any atom is 0.0127 e. The molecule has 0 aliphatic rings. The Labute approximate surface area is 97.9 Å². The molecule has 1 unspecified atom stereocenters. The minimum atomic E-state index is 0.658. The Kier molecular flexibility index (Phi) is 5.20. The van der Waals surface area contributed by atoms with Gasteiger partial charge in [-0.15, -0.1) is 11.8 Å². The lowest BCUT2D eigenvalue weighted by Crippen LogP contribution is -2.29. The van der Waals surface area contributed by atoms with Gasteiger partial charge in [-0.1, -0.05) is 19.1 Å². The molecule has 84 valence electrons. The van der Waals surface area contributed by atoms with Gasteiger partial charge in [0.25, 0.3) is 0 Å². The predicted octanol–water partition coefficient (Wildman–Crippen LogP) is 3.29. The molecule has 1 nitrogen and oxygen atoms in total. The Hall–Kier alpha value is -0.470. The van der Waals surface area contributed by atoms with E-state index < -0.39 is 0 Å². The highest BCUT2D eigenvalue weighted by Crippen LogP contribution is 2.16. The highest BCUT2D eigenvalue weighted by molar-refractivity contribution is 7.98. The van der Waals surface area contributed by atoms with Crippen LogP contribution in [0.1, 0.15) is 18.9 Å².